The van der Waals surface area contributed by atoms with Crippen LogP contribution in [0, 0.1) is 6.92 Å². The summed E-state index contributed by atoms with van der Waals surface area (Å²) >= 11 is 13.0. The van der Waals surface area contributed by atoms with Gasteiger partial charge < -0.3 is 10.1 Å². The van der Waals surface area contributed by atoms with E-state index in [2.05, 4.69) is 16.7 Å². The Labute approximate surface area is 194 Å². The lowest BCUT2D eigenvalue weighted by Crippen LogP contribution is -2.34. The van der Waals surface area contributed by atoms with Crippen molar-refractivity contribution in [3.63, 3.8) is 0 Å². The van der Waals surface area contributed by atoms with Crippen molar-refractivity contribution in [2.24, 2.45) is 0 Å². The molecule has 0 aliphatic carbocycles. The molecule has 0 spiro atoms. The zero-order chi connectivity index (χ0) is 22.0. The van der Waals surface area contributed by atoms with E-state index in [4.69, 9.17) is 33.5 Å². The summed E-state index contributed by atoms with van der Waals surface area (Å²) in [4.78, 5) is 17.4. The van der Waals surface area contributed by atoms with E-state index in [-0.39, 0.29) is 5.11 Å². The summed E-state index contributed by atoms with van der Waals surface area (Å²) in [5.41, 5.74) is 4.06. The van der Waals surface area contributed by atoms with Crippen LogP contribution < -0.4 is 15.4 Å². The number of hydrogen-bond acceptors (Lipinski definition) is 5. The maximum atomic E-state index is 12.7. The second-order valence-corrected chi connectivity index (χ2v) is 8.59. The smallest absolute Gasteiger partial charge is 0.261 e. The van der Waals surface area contributed by atoms with Gasteiger partial charge in [-0.15, -0.1) is 11.3 Å². The van der Waals surface area contributed by atoms with Gasteiger partial charge in [0.25, 0.3) is 5.91 Å². The van der Waals surface area contributed by atoms with Crippen LogP contribution in [0.5, 0.6) is 5.75 Å². The predicted molar refractivity (Wildman–Crippen MR) is 131 cm³/mol. The molecule has 0 aliphatic rings. The van der Waals surface area contributed by atoms with Crippen molar-refractivity contribution < 1.29 is 9.53 Å². The fourth-order valence-electron chi connectivity index (χ4n) is 3.17. The van der Waals surface area contributed by atoms with E-state index in [1.165, 1.54) is 13.2 Å². The van der Waals surface area contributed by atoms with E-state index < -0.39 is 5.91 Å². The van der Waals surface area contributed by atoms with Crippen LogP contribution in [0.2, 0.25) is 5.02 Å². The maximum Gasteiger partial charge on any atom is 0.261 e. The molecule has 1 heterocycles. The number of thiocarbonyl (C=S) groups is 1. The zero-order valence-electron chi connectivity index (χ0n) is 16.7. The van der Waals surface area contributed by atoms with Crippen LogP contribution >= 0.6 is 35.2 Å². The molecule has 0 radical (unpaired) electrons. The Morgan fingerprint density at radius 1 is 1.13 bits per heavy atom. The normalized spacial score (nSPS) is 10.7. The standard InChI is InChI=1S/C23H18ClN3O2S2/c1-13-15(22-25-18-7-3-4-9-20(18)31-22)6-5-8-17(13)26-23(30)27-21(28)16-12-14(24)10-11-19(16)29-2/h3-12H,1-2H3,(H2,26,27,28,30). The average molecular weight is 468 g/mol. The second-order valence-electron chi connectivity index (χ2n) is 6.72. The number of nitrogens with zero attached hydrogens (tertiary/aromatic N) is 1. The van der Waals surface area contributed by atoms with Crippen LogP contribution in [0.4, 0.5) is 5.69 Å². The van der Waals surface area contributed by atoms with E-state index in [0.717, 1.165) is 32.0 Å². The number of amides is 1. The molecule has 0 atom stereocenters. The molecule has 0 unspecified atom stereocenters. The van der Waals surface area contributed by atoms with E-state index in [1.807, 2.05) is 43.3 Å². The van der Waals surface area contributed by atoms with Crippen molar-refractivity contribution in [2.75, 3.05) is 12.4 Å². The molecule has 5 nitrogen and oxygen atoms in total. The van der Waals surface area contributed by atoms with E-state index in [1.54, 1.807) is 23.5 Å². The highest BCUT2D eigenvalue weighted by molar-refractivity contribution is 7.80. The number of halogens is 1. The largest absolute Gasteiger partial charge is 0.496 e. The number of carbonyl (C=O) groups excluding carboxylic acids is 1. The van der Waals surface area contributed by atoms with Crippen LogP contribution in [0.1, 0.15) is 15.9 Å². The Morgan fingerprint density at radius 2 is 1.94 bits per heavy atom. The van der Waals surface area contributed by atoms with Crippen LogP contribution in [-0.2, 0) is 0 Å². The highest BCUT2D eigenvalue weighted by Crippen LogP contribution is 2.34. The highest BCUT2D eigenvalue weighted by Gasteiger charge is 2.16. The number of ether oxygens (including phenoxy) is 1. The molecular weight excluding hydrogens is 450 g/mol. The number of hydrogen-bond donors (Lipinski definition) is 2. The predicted octanol–water partition coefficient (Wildman–Crippen LogP) is 6.06. The lowest BCUT2D eigenvalue weighted by molar-refractivity contribution is 0.0975. The van der Waals surface area contributed by atoms with Crippen molar-refractivity contribution in [2.45, 2.75) is 6.92 Å². The molecule has 4 aromatic rings. The van der Waals surface area contributed by atoms with E-state index in [0.29, 0.717) is 16.3 Å². The van der Waals surface area contributed by atoms with Gasteiger partial charge in [-0.25, -0.2) is 4.98 Å². The molecule has 1 amide bonds. The van der Waals surface area contributed by atoms with Gasteiger partial charge in [-0.05, 0) is 61.1 Å². The fraction of sp³-hybridized carbons (Fsp3) is 0.0870. The van der Waals surface area contributed by atoms with Crippen molar-refractivity contribution >= 4 is 62.1 Å². The average Bonchev–Trinajstić information content (AvgIpc) is 3.19. The van der Waals surface area contributed by atoms with Gasteiger partial charge in [0.1, 0.15) is 10.8 Å². The summed E-state index contributed by atoms with van der Waals surface area (Å²) in [7, 11) is 1.49. The fourth-order valence-corrected chi connectivity index (χ4v) is 4.59. The Kier molecular flexibility index (Phi) is 6.18. The minimum absolute atomic E-state index is 0.177. The lowest BCUT2D eigenvalue weighted by Gasteiger charge is -2.14. The number of rotatable bonds is 4. The van der Waals surface area contributed by atoms with Gasteiger partial charge in [-0.3, -0.25) is 10.1 Å². The van der Waals surface area contributed by atoms with E-state index in [9.17, 15) is 4.79 Å². The minimum Gasteiger partial charge on any atom is -0.496 e. The van der Waals surface area contributed by atoms with Gasteiger partial charge in [-0.2, -0.15) is 0 Å². The van der Waals surface area contributed by atoms with E-state index >= 15 is 0 Å². The van der Waals surface area contributed by atoms with Crippen molar-refractivity contribution in [1.82, 2.24) is 10.3 Å². The molecule has 1 aromatic heterocycles. The molecule has 0 aliphatic heterocycles. The number of benzene rings is 3. The topological polar surface area (TPSA) is 63.2 Å². The van der Waals surface area contributed by atoms with Crippen LogP contribution in [0.3, 0.4) is 0 Å². The lowest BCUT2D eigenvalue weighted by atomic mass is 10.1. The van der Waals surface area contributed by atoms with Crippen LogP contribution in [0.25, 0.3) is 20.8 Å². The molecule has 31 heavy (non-hydrogen) atoms. The SMILES string of the molecule is COc1ccc(Cl)cc1C(=O)NC(=S)Nc1cccc(-c2nc3ccccc3s2)c1C. The van der Waals surface area contributed by atoms with Crippen molar-refractivity contribution in [3.05, 3.63) is 76.8 Å². The third-order valence-electron chi connectivity index (χ3n) is 4.74. The number of carbonyl (C=O) groups is 1. The van der Waals surface area contributed by atoms with Crippen molar-refractivity contribution in [1.29, 1.82) is 0 Å². The molecule has 4 rings (SSSR count). The maximum absolute atomic E-state index is 12.7. The first kappa shape index (κ1) is 21.2. The monoisotopic (exact) mass is 467 g/mol. The molecular formula is C23H18ClN3O2S2. The van der Waals surface area contributed by atoms with Gasteiger partial charge in [0.05, 0.1) is 22.9 Å². The van der Waals surface area contributed by atoms with Gasteiger partial charge in [0, 0.05) is 16.3 Å². The highest BCUT2D eigenvalue weighted by atomic mass is 35.5. The summed E-state index contributed by atoms with van der Waals surface area (Å²) in [5, 5.41) is 7.34. The quantitative estimate of drug-likeness (QED) is 0.357. The zero-order valence-corrected chi connectivity index (χ0v) is 19.1. The van der Waals surface area contributed by atoms with Crippen molar-refractivity contribution in [3.8, 4) is 16.3 Å². The first-order valence-electron chi connectivity index (χ1n) is 9.37. The third-order valence-corrected chi connectivity index (χ3v) is 6.25. The number of thiazole rings is 1. The number of anilines is 1. The Bertz CT molecular complexity index is 1270. The van der Waals surface area contributed by atoms with Crippen LogP contribution in [0.15, 0.2) is 60.7 Å². The number of para-hydroxylation sites is 1. The van der Waals surface area contributed by atoms with Gasteiger partial charge >= 0.3 is 0 Å². The first-order valence-corrected chi connectivity index (χ1v) is 11.0. The minimum atomic E-state index is -0.406. The molecule has 0 fully saturated rings. The number of fused-ring (bicyclic) bond motifs is 1. The van der Waals surface area contributed by atoms with Crippen LogP contribution in [-0.4, -0.2) is 23.1 Å². The Hall–Kier alpha value is -3.00. The number of methoxy groups -OCH3 is 1. The molecule has 3 aromatic carbocycles. The number of nitrogens with one attached hydrogen (secondary N) is 2. The van der Waals surface area contributed by atoms with Gasteiger partial charge in [0.15, 0.2) is 5.11 Å². The molecule has 0 saturated heterocycles. The van der Waals surface area contributed by atoms with Gasteiger partial charge in [-0.1, -0.05) is 35.9 Å². The Balaban J connectivity index is 1.54. The second kappa shape index (κ2) is 9.01. The summed E-state index contributed by atoms with van der Waals surface area (Å²) in [6.45, 7) is 1.99. The molecule has 156 valence electrons. The first-order chi connectivity index (χ1) is 15.0. The molecule has 8 heteroatoms. The summed E-state index contributed by atoms with van der Waals surface area (Å²) < 4.78 is 6.37. The third kappa shape index (κ3) is 4.54. The molecule has 2 N–H and O–H groups in total. The molecule has 0 bridgehead atoms. The summed E-state index contributed by atoms with van der Waals surface area (Å²) in [6.07, 6.45) is 0. The molecule has 0 saturated carbocycles. The summed E-state index contributed by atoms with van der Waals surface area (Å²) in [6, 6.07) is 18.7. The summed E-state index contributed by atoms with van der Waals surface area (Å²) in [5.74, 6) is 0.00976. The van der Waals surface area contributed by atoms with Gasteiger partial charge in [0.2, 0.25) is 0 Å². The Morgan fingerprint density at radius 3 is 2.71 bits per heavy atom. The number of aromatic nitrogens is 1.